The second kappa shape index (κ2) is 13.1. The molecule has 2 aromatic rings. The smallest absolute Gasteiger partial charge is 0.195 e. The Kier molecular flexibility index (Phi) is 11.2. The highest BCUT2D eigenvalue weighted by Gasteiger charge is 2.07. The third kappa shape index (κ3) is 7.10. The minimum Gasteiger partial charge on any atom is -0.496 e. The molecule has 0 fully saturated rings. The SMILES string of the molecule is CCNC(=NCCc1ccccc1OC)Nc1ccc(OC)c(OCC)c1.I. The van der Waals surface area contributed by atoms with Gasteiger partial charge in [0.2, 0.25) is 0 Å². The lowest BCUT2D eigenvalue weighted by atomic mass is 10.1. The fourth-order valence-electron chi connectivity index (χ4n) is 2.66. The molecule has 0 aliphatic rings. The Morgan fingerprint density at radius 2 is 1.71 bits per heavy atom. The highest BCUT2D eigenvalue weighted by Crippen LogP contribution is 2.30. The Bertz CT molecular complexity index is 753. The Morgan fingerprint density at radius 3 is 2.39 bits per heavy atom. The first-order valence-electron chi connectivity index (χ1n) is 9.19. The summed E-state index contributed by atoms with van der Waals surface area (Å²) in [5.74, 6) is 3.03. The van der Waals surface area contributed by atoms with Gasteiger partial charge >= 0.3 is 0 Å². The Balaban J connectivity index is 0.00000392. The van der Waals surface area contributed by atoms with Gasteiger partial charge < -0.3 is 24.8 Å². The summed E-state index contributed by atoms with van der Waals surface area (Å²) in [4.78, 5) is 4.66. The number of para-hydroxylation sites is 1. The zero-order valence-corrected chi connectivity index (χ0v) is 19.3. The molecule has 0 heterocycles. The molecule has 0 saturated carbocycles. The summed E-state index contributed by atoms with van der Waals surface area (Å²) >= 11 is 0. The first-order chi connectivity index (χ1) is 13.2. The Hall–Kier alpha value is -2.16. The van der Waals surface area contributed by atoms with Crippen LogP contribution in [0.15, 0.2) is 47.5 Å². The van der Waals surface area contributed by atoms with E-state index >= 15 is 0 Å². The van der Waals surface area contributed by atoms with E-state index in [0.29, 0.717) is 24.7 Å². The molecule has 2 rings (SSSR count). The molecular formula is C21H30IN3O3. The molecule has 0 bridgehead atoms. The van der Waals surface area contributed by atoms with Crippen LogP contribution in [0, 0.1) is 0 Å². The van der Waals surface area contributed by atoms with Crippen LogP contribution in [-0.2, 0) is 6.42 Å². The van der Waals surface area contributed by atoms with E-state index in [-0.39, 0.29) is 24.0 Å². The van der Waals surface area contributed by atoms with Gasteiger partial charge in [-0.05, 0) is 44.0 Å². The van der Waals surface area contributed by atoms with Gasteiger partial charge in [0, 0.05) is 24.8 Å². The van der Waals surface area contributed by atoms with E-state index < -0.39 is 0 Å². The van der Waals surface area contributed by atoms with Gasteiger partial charge in [-0.2, -0.15) is 0 Å². The number of rotatable bonds is 9. The number of anilines is 1. The Morgan fingerprint density at radius 1 is 0.964 bits per heavy atom. The molecule has 28 heavy (non-hydrogen) atoms. The summed E-state index contributed by atoms with van der Waals surface area (Å²) in [6.07, 6.45) is 0.799. The van der Waals surface area contributed by atoms with E-state index in [0.717, 1.165) is 35.9 Å². The van der Waals surface area contributed by atoms with Crippen molar-refractivity contribution in [2.24, 2.45) is 4.99 Å². The van der Waals surface area contributed by atoms with Gasteiger partial charge in [0.05, 0.1) is 20.8 Å². The molecule has 7 heteroatoms. The van der Waals surface area contributed by atoms with Crippen LogP contribution < -0.4 is 24.8 Å². The van der Waals surface area contributed by atoms with Crippen LogP contribution in [0.2, 0.25) is 0 Å². The average molecular weight is 499 g/mol. The number of nitrogens with one attached hydrogen (secondary N) is 2. The number of nitrogens with zero attached hydrogens (tertiary/aromatic N) is 1. The molecule has 2 aromatic carbocycles. The zero-order valence-electron chi connectivity index (χ0n) is 17.0. The van der Waals surface area contributed by atoms with Gasteiger partial charge in [-0.1, -0.05) is 18.2 Å². The summed E-state index contributed by atoms with van der Waals surface area (Å²) in [6.45, 7) is 5.98. The standard InChI is InChI=1S/C21H29N3O3.HI/c1-5-22-21(23-14-13-16-9-7-8-10-18(16)25-3)24-17-11-12-19(26-4)20(15-17)27-6-2;/h7-12,15H,5-6,13-14H2,1-4H3,(H2,22,23,24);1H. The zero-order chi connectivity index (χ0) is 19.5. The molecule has 2 N–H and O–H groups in total. The summed E-state index contributed by atoms with van der Waals surface area (Å²) in [7, 11) is 3.32. The second-order valence-electron chi connectivity index (χ2n) is 5.75. The number of halogens is 1. The van der Waals surface area contributed by atoms with Crippen molar-refractivity contribution in [3.8, 4) is 17.2 Å². The van der Waals surface area contributed by atoms with Crippen molar-refractivity contribution in [2.75, 3.05) is 39.2 Å². The van der Waals surface area contributed by atoms with Crippen molar-refractivity contribution in [3.63, 3.8) is 0 Å². The monoisotopic (exact) mass is 499 g/mol. The van der Waals surface area contributed by atoms with Crippen molar-refractivity contribution in [1.29, 1.82) is 0 Å². The number of benzene rings is 2. The highest BCUT2D eigenvalue weighted by atomic mass is 127. The van der Waals surface area contributed by atoms with Gasteiger partial charge in [0.25, 0.3) is 0 Å². The van der Waals surface area contributed by atoms with Crippen LogP contribution in [-0.4, -0.2) is 39.9 Å². The molecular weight excluding hydrogens is 469 g/mol. The van der Waals surface area contributed by atoms with Crippen molar-refractivity contribution in [1.82, 2.24) is 5.32 Å². The Labute approximate surface area is 184 Å². The summed E-state index contributed by atoms with van der Waals surface area (Å²) in [5, 5.41) is 6.58. The molecule has 0 saturated heterocycles. The fourth-order valence-corrected chi connectivity index (χ4v) is 2.66. The van der Waals surface area contributed by atoms with Gasteiger partial charge in [0.1, 0.15) is 5.75 Å². The number of aliphatic imine (C=N–C) groups is 1. The second-order valence-corrected chi connectivity index (χ2v) is 5.75. The molecule has 0 unspecified atom stereocenters. The van der Waals surface area contributed by atoms with E-state index in [4.69, 9.17) is 14.2 Å². The average Bonchev–Trinajstić information content (AvgIpc) is 2.69. The van der Waals surface area contributed by atoms with Crippen LogP contribution in [0.5, 0.6) is 17.2 Å². The minimum absolute atomic E-state index is 0. The lowest BCUT2D eigenvalue weighted by molar-refractivity contribution is 0.311. The number of ether oxygens (including phenoxy) is 3. The predicted molar refractivity (Wildman–Crippen MR) is 126 cm³/mol. The van der Waals surface area contributed by atoms with E-state index in [1.54, 1.807) is 14.2 Å². The van der Waals surface area contributed by atoms with E-state index in [9.17, 15) is 0 Å². The van der Waals surface area contributed by atoms with Crippen LogP contribution in [0.25, 0.3) is 0 Å². The summed E-state index contributed by atoms with van der Waals surface area (Å²) < 4.78 is 16.4. The molecule has 154 valence electrons. The number of hydrogen-bond donors (Lipinski definition) is 2. The number of methoxy groups -OCH3 is 2. The van der Waals surface area contributed by atoms with Crippen molar-refractivity contribution >= 4 is 35.6 Å². The minimum atomic E-state index is 0. The summed E-state index contributed by atoms with van der Waals surface area (Å²) in [5.41, 5.74) is 2.03. The van der Waals surface area contributed by atoms with Crippen LogP contribution in [0.3, 0.4) is 0 Å². The molecule has 0 amide bonds. The van der Waals surface area contributed by atoms with Crippen molar-refractivity contribution in [3.05, 3.63) is 48.0 Å². The molecule has 0 spiro atoms. The largest absolute Gasteiger partial charge is 0.496 e. The normalized spacial score (nSPS) is 10.6. The van der Waals surface area contributed by atoms with E-state index in [1.807, 2.05) is 50.2 Å². The fraction of sp³-hybridized carbons (Fsp3) is 0.381. The van der Waals surface area contributed by atoms with Gasteiger partial charge in [-0.15, -0.1) is 24.0 Å². The first kappa shape index (κ1) is 23.9. The van der Waals surface area contributed by atoms with Gasteiger partial charge in [-0.25, -0.2) is 0 Å². The topological polar surface area (TPSA) is 64.1 Å². The lowest BCUT2D eigenvalue weighted by Gasteiger charge is -2.14. The molecule has 0 atom stereocenters. The van der Waals surface area contributed by atoms with Gasteiger partial charge in [0.15, 0.2) is 17.5 Å². The van der Waals surface area contributed by atoms with Crippen molar-refractivity contribution < 1.29 is 14.2 Å². The van der Waals surface area contributed by atoms with Gasteiger partial charge in [-0.3, -0.25) is 4.99 Å². The third-order valence-corrected chi connectivity index (χ3v) is 3.91. The maximum Gasteiger partial charge on any atom is 0.195 e. The van der Waals surface area contributed by atoms with E-state index in [1.165, 1.54) is 0 Å². The maximum atomic E-state index is 5.64. The molecule has 0 aliphatic heterocycles. The van der Waals surface area contributed by atoms with Crippen LogP contribution in [0.1, 0.15) is 19.4 Å². The third-order valence-electron chi connectivity index (χ3n) is 3.91. The van der Waals surface area contributed by atoms with Crippen molar-refractivity contribution in [2.45, 2.75) is 20.3 Å². The maximum absolute atomic E-state index is 5.64. The highest BCUT2D eigenvalue weighted by molar-refractivity contribution is 14.0. The summed E-state index contributed by atoms with van der Waals surface area (Å²) in [6, 6.07) is 13.7. The van der Waals surface area contributed by atoms with E-state index in [2.05, 4.69) is 21.7 Å². The van der Waals surface area contributed by atoms with Crippen LogP contribution in [0.4, 0.5) is 5.69 Å². The molecule has 0 radical (unpaired) electrons. The number of hydrogen-bond acceptors (Lipinski definition) is 4. The molecule has 6 nitrogen and oxygen atoms in total. The molecule has 0 aliphatic carbocycles. The van der Waals surface area contributed by atoms with Crippen LogP contribution >= 0.6 is 24.0 Å². The predicted octanol–water partition coefficient (Wildman–Crippen LogP) is 4.34. The lowest BCUT2D eigenvalue weighted by Crippen LogP contribution is -2.30. The quantitative estimate of drug-likeness (QED) is 0.306. The molecule has 0 aromatic heterocycles. The number of guanidine groups is 1. The first-order valence-corrected chi connectivity index (χ1v) is 9.19.